The molecule has 164 valence electrons. The van der Waals surface area contributed by atoms with Crippen molar-refractivity contribution in [3.63, 3.8) is 0 Å². The van der Waals surface area contributed by atoms with E-state index in [0.29, 0.717) is 60.9 Å². The Labute approximate surface area is 182 Å². The third-order valence-corrected chi connectivity index (χ3v) is 5.93. The highest BCUT2D eigenvalue weighted by Crippen LogP contribution is 2.27. The molecule has 2 aromatic heterocycles. The van der Waals surface area contributed by atoms with Gasteiger partial charge in [0.25, 0.3) is 11.5 Å². The van der Waals surface area contributed by atoms with Crippen LogP contribution in [0.5, 0.6) is 11.5 Å². The van der Waals surface area contributed by atoms with Gasteiger partial charge in [-0.05, 0) is 24.1 Å². The van der Waals surface area contributed by atoms with E-state index in [2.05, 4.69) is 15.4 Å². The van der Waals surface area contributed by atoms with Gasteiger partial charge in [0.15, 0.2) is 11.5 Å². The van der Waals surface area contributed by atoms with Gasteiger partial charge in [-0.1, -0.05) is 17.4 Å². The number of ether oxygens (including phenoxy) is 3. The number of nitrogens with zero attached hydrogens (tertiary/aromatic N) is 4. The number of fused-ring (bicyclic) bond motifs is 1. The van der Waals surface area contributed by atoms with Crippen molar-refractivity contribution in [2.24, 2.45) is 0 Å². The second-order valence-electron chi connectivity index (χ2n) is 6.85. The predicted octanol–water partition coefficient (Wildman–Crippen LogP) is 0.977. The Hall–Kier alpha value is -3.18. The SMILES string of the molecule is COc1ccc(CCNC(=O)c2cnc3sc(N4CCOCC4)nn3c2=O)cc1OC. The van der Waals surface area contributed by atoms with Crippen molar-refractivity contribution in [1.82, 2.24) is 19.9 Å². The molecule has 1 aliphatic rings. The van der Waals surface area contributed by atoms with E-state index in [-0.39, 0.29) is 5.56 Å². The summed E-state index contributed by atoms with van der Waals surface area (Å²) >= 11 is 1.32. The molecule has 0 spiro atoms. The first-order valence-corrected chi connectivity index (χ1v) is 10.6. The fraction of sp³-hybridized carbons (Fsp3) is 0.400. The third-order valence-electron chi connectivity index (χ3n) is 4.95. The summed E-state index contributed by atoms with van der Waals surface area (Å²) in [6.07, 6.45) is 1.88. The summed E-state index contributed by atoms with van der Waals surface area (Å²) in [4.78, 5) is 32.1. The van der Waals surface area contributed by atoms with Crippen molar-refractivity contribution in [1.29, 1.82) is 0 Å². The molecule has 1 N–H and O–H groups in total. The number of nitrogens with one attached hydrogen (secondary N) is 1. The van der Waals surface area contributed by atoms with Gasteiger partial charge in [-0.15, -0.1) is 5.10 Å². The Kier molecular flexibility index (Phi) is 6.33. The fourth-order valence-electron chi connectivity index (χ4n) is 3.27. The van der Waals surface area contributed by atoms with Crippen LogP contribution in [0, 0.1) is 0 Å². The monoisotopic (exact) mass is 445 g/mol. The van der Waals surface area contributed by atoms with Crippen LogP contribution in [0.15, 0.2) is 29.2 Å². The number of amides is 1. The van der Waals surface area contributed by atoms with Gasteiger partial charge < -0.3 is 24.4 Å². The number of aromatic nitrogens is 3. The minimum atomic E-state index is -0.482. The van der Waals surface area contributed by atoms with Gasteiger partial charge in [0.05, 0.1) is 27.4 Å². The van der Waals surface area contributed by atoms with E-state index in [0.717, 1.165) is 5.56 Å². The summed E-state index contributed by atoms with van der Waals surface area (Å²) in [6.45, 7) is 3.00. The number of carbonyl (C=O) groups excluding carboxylic acids is 1. The maximum Gasteiger partial charge on any atom is 0.288 e. The molecular weight excluding hydrogens is 422 g/mol. The van der Waals surface area contributed by atoms with Crippen LogP contribution in [-0.4, -0.2) is 67.6 Å². The average molecular weight is 446 g/mol. The van der Waals surface area contributed by atoms with Gasteiger partial charge in [-0.2, -0.15) is 4.52 Å². The van der Waals surface area contributed by atoms with E-state index in [4.69, 9.17) is 14.2 Å². The Morgan fingerprint density at radius 3 is 2.74 bits per heavy atom. The highest BCUT2D eigenvalue weighted by Gasteiger charge is 2.19. The van der Waals surface area contributed by atoms with Crippen molar-refractivity contribution < 1.29 is 19.0 Å². The molecule has 0 unspecified atom stereocenters. The van der Waals surface area contributed by atoms with Crippen molar-refractivity contribution in [3.05, 3.63) is 45.9 Å². The lowest BCUT2D eigenvalue weighted by Crippen LogP contribution is -2.36. The van der Waals surface area contributed by atoms with Crippen molar-refractivity contribution >= 4 is 27.3 Å². The number of carbonyl (C=O) groups is 1. The van der Waals surface area contributed by atoms with Gasteiger partial charge >= 0.3 is 0 Å². The molecule has 3 aromatic rings. The maximum absolute atomic E-state index is 12.8. The molecule has 1 amide bonds. The molecule has 0 bridgehead atoms. The largest absolute Gasteiger partial charge is 0.493 e. The molecule has 1 saturated heterocycles. The lowest BCUT2D eigenvalue weighted by molar-refractivity contribution is 0.0952. The molecule has 3 heterocycles. The van der Waals surface area contributed by atoms with E-state index in [9.17, 15) is 9.59 Å². The van der Waals surface area contributed by atoms with E-state index in [1.807, 2.05) is 23.1 Å². The molecule has 1 aromatic carbocycles. The Bertz CT molecular complexity index is 1140. The molecule has 0 aliphatic carbocycles. The first-order valence-electron chi connectivity index (χ1n) is 9.81. The maximum atomic E-state index is 12.8. The molecule has 1 aliphatic heterocycles. The van der Waals surface area contributed by atoms with E-state index in [1.54, 1.807) is 14.2 Å². The van der Waals surface area contributed by atoms with E-state index >= 15 is 0 Å². The highest BCUT2D eigenvalue weighted by atomic mass is 32.1. The Morgan fingerprint density at radius 2 is 2.00 bits per heavy atom. The van der Waals surface area contributed by atoms with Crippen LogP contribution in [0.4, 0.5) is 5.13 Å². The topological polar surface area (TPSA) is 107 Å². The molecule has 0 atom stereocenters. The number of anilines is 1. The third kappa shape index (κ3) is 4.47. The van der Waals surface area contributed by atoms with Crippen LogP contribution in [0.2, 0.25) is 0 Å². The number of morpholine rings is 1. The van der Waals surface area contributed by atoms with Gasteiger partial charge in [0, 0.05) is 25.8 Å². The highest BCUT2D eigenvalue weighted by molar-refractivity contribution is 7.20. The van der Waals surface area contributed by atoms with Crippen molar-refractivity contribution in [2.45, 2.75) is 6.42 Å². The fourth-order valence-corrected chi connectivity index (χ4v) is 4.18. The van der Waals surface area contributed by atoms with Crippen LogP contribution in [0.3, 0.4) is 0 Å². The lowest BCUT2D eigenvalue weighted by atomic mass is 10.1. The first-order chi connectivity index (χ1) is 15.1. The van der Waals surface area contributed by atoms with Crippen LogP contribution in [0.25, 0.3) is 4.96 Å². The molecule has 10 nitrogen and oxygen atoms in total. The zero-order valence-corrected chi connectivity index (χ0v) is 18.1. The second kappa shape index (κ2) is 9.31. The zero-order chi connectivity index (χ0) is 21.8. The van der Waals surface area contributed by atoms with E-state index in [1.165, 1.54) is 22.0 Å². The standard InChI is InChI=1S/C20H23N5O5S/c1-28-15-4-3-13(11-16(15)29-2)5-6-21-17(26)14-12-22-19-25(18(14)27)23-20(31-19)24-7-9-30-10-8-24/h3-4,11-12H,5-10H2,1-2H3,(H,21,26). The number of methoxy groups -OCH3 is 2. The number of benzene rings is 1. The smallest absolute Gasteiger partial charge is 0.288 e. The Balaban J connectivity index is 1.44. The number of hydrogen-bond donors (Lipinski definition) is 1. The summed E-state index contributed by atoms with van der Waals surface area (Å²) in [6, 6.07) is 5.57. The van der Waals surface area contributed by atoms with Crippen molar-refractivity contribution in [3.8, 4) is 11.5 Å². The molecule has 1 fully saturated rings. The normalized spacial score (nSPS) is 13.9. The molecule has 0 radical (unpaired) electrons. The van der Waals surface area contributed by atoms with Gasteiger partial charge in [-0.25, -0.2) is 4.98 Å². The van der Waals surface area contributed by atoms with Gasteiger partial charge in [-0.3, -0.25) is 9.59 Å². The number of rotatable bonds is 7. The van der Waals surface area contributed by atoms with Crippen LogP contribution in [-0.2, 0) is 11.2 Å². The second-order valence-corrected chi connectivity index (χ2v) is 7.79. The van der Waals surface area contributed by atoms with Gasteiger partial charge in [0.2, 0.25) is 10.1 Å². The summed E-state index contributed by atoms with van der Waals surface area (Å²) < 4.78 is 17.1. The quantitative estimate of drug-likeness (QED) is 0.574. The molecule has 0 saturated carbocycles. The van der Waals surface area contributed by atoms with Crippen molar-refractivity contribution in [2.75, 3.05) is 52.0 Å². The lowest BCUT2D eigenvalue weighted by Gasteiger charge is -2.25. The average Bonchev–Trinajstić information content (AvgIpc) is 3.25. The molecule has 31 heavy (non-hydrogen) atoms. The van der Waals surface area contributed by atoms with E-state index < -0.39 is 11.5 Å². The van der Waals surface area contributed by atoms with Crippen LogP contribution < -0.4 is 25.2 Å². The summed E-state index contributed by atoms with van der Waals surface area (Å²) in [7, 11) is 3.15. The summed E-state index contributed by atoms with van der Waals surface area (Å²) in [5, 5.41) is 7.83. The Morgan fingerprint density at radius 1 is 1.23 bits per heavy atom. The van der Waals surface area contributed by atoms with Crippen LogP contribution >= 0.6 is 11.3 Å². The molecular formula is C20H23N5O5S. The van der Waals surface area contributed by atoms with Crippen LogP contribution in [0.1, 0.15) is 15.9 Å². The minimum absolute atomic E-state index is 0.0383. The zero-order valence-electron chi connectivity index (χ0n) is 17.3. The number of hydrogen-bond acceptors (Lipinski definition) is 9. The summed E-state index contributed by atoms with van der Waals surface area (Å²) in [5.74, 6) is 0.787. The minimum Gasteiger partial charge on any atom is -0.493 e. The predicted molar refractivity (Wildman–Crippen MR) is 116 cm³/mol. The molecule has 4 rings (SSSR count). The summed E-state index contributed by atoms with van der Waals surface area (Å²) in [5.41, 5.74) is 0.450. The molecule has 11 heteroatoms. The van der Waals surface area contributed by atoms with Gasteiger partial charge in [0.1, 0.15) is 5.56 Å². The first kappa shape index (κ1) is 21.1.